The molecule has 1 saturated heterocycles. The van der Waals surface area contributed by atoms with Crippen LogP contribution >= 0.6 is 24.0 Å². The third-order valence-electron chi connectivity index (χ3n) is 5.07. The van der Waals surface area contributed by atoms with E-state index in [1.165, 1.54) is 0 Å². The number of sulfonamides is 1. The highest BCUT2D eigenvalue weighted by Crippen LogP contribution is 2.18. The Morgan fingerprint density at radius 2 is 1.94 bits per heavy atom. The van der Waals surface area contributed by atoms with Gasteiger partial charge in [0.05, 0.1) is 18.5 Å². The van der Waals surface area contributed by atoms with E-state index >= 15 is 0 Å². The van der Waals surface area contributed by atoms with Gasteiger partial charge in [0.25, 0.3) is 0 Å². The molecule has 2 heterocycles. The van der Waals surface area contributed by atoms with E-state index in [1.54, 1.807) is 11.4 Å². The fourth-order valence-corrected chi connectivity index (χ4v) is 4.77. The lowest BCUT2D eigenvalue weighted by Crippen LogP contribution is -2.54. The molecule has 0 radical (unpaired) electrons. The number of rotatable bonds is 8. The summed E-state index contributed by atoms with van der Waals surface area (Å²) in [6.07, 6.45) is 0.781. The van der Waals surface area contributed by atoms with Gasteiger partial charge in [0, 0.05) is 51.6 Å². The van der Waals surface area contributed by atoms with Crippen molar-refractivity contribution in [3.63, 3.8) is 0 Å². The summed E-state index contributed by atoms with van der Waals surface area (Å²) in [6, 6.07) is 10.0. The first-order chi connectivity index (χ1) is 14.4. The summed E-state index contributed by atoms with van der Waals surface area (Å²) in [5, 5.41) is 4.46. The zero-order valence-corrected chi connectivity index (χ0v) is 21.6. The average molecular weight is 564 g/mol. The predicted octanol–water partition coefficient (Wildman–Crippen LogP) is 2.54. The SMILES string of the molecule is CN=C(NCCc1cc2ccccc2o1)N1CCN(S(=O)(=O)CCOC(C)C)CC1.I. The lowest BCUT2D eigenvalue weighted by molar-refractivity contribution is 0.0904. The molecule has 0 bridgehead atoms. The van der Waals surface area contributed by atoms with Crippen LogP contribution in [0.25, 0.3) is 11.0 Å². The zero-order valence-electron chi connectivity index (χ0n) is 18.4. The van der Waals surface area contributed by atoms with Crippen LogP contribution in [-0.4, -0.2) is 81.8 Å². The summed E-state index contributed by atoms with van der Waals surface area (Å²) >= 11 is 0. The standard InChI is InChI=1S/C21H32N4O4S.HI/c1-17(2)28-14-15-30(26,27)25-12-10-24(11-13-25)21(22-3)23-9-8-19-16-18-6-4-5-7-20(18)29-19;/h4-7,16-17H,8-15H2,1-3H3,(H,22,23);1H. The lowest BCUT2D eigenvalue weighted by atomic mass is 10.2. The molecule has 10 heteroatoms. The molecule has 31 heavy (non-hydrogen) atoms. The molecule has 3 rings (SSSR count). The third-order valence-corrected chi connectivity index (χ3v) is 6.90. The highest BCUT2D eigenvalue weighted by atomic mass is 127. The maximum Gasteiger partial charge on any atom is 0.216 e. The molecule has 1 N–H and O–H groups in total. The molecule has 2 aromatic rings. The summed E-state index contributed by atoms with van der Waals surface area (Å²) in [7, 11) is -1.55. The maximum atomic E-state index is 12.5. The average Bonchev–Trinajstić information content (AvgIpc) is 3.14. The van der Waals surface area contributed by atoms with E-state index in [2.05, 4.69) is 21.3 Å². The zero-order chi connectivity index (χ0) is 21.6. The van der Waals surface area contributed by atoms with Crippen LogP contribution in [0.15, 0.2) is 39.7 Å². The second-order valence-electron chi connectivity index (χ2n) is 7.60. The van der Waals surface area contributed by atoms with Crippen LogP contribution in [0.5, 0.6) is 0 Å². The third kappa shape index (κ3) is 7.33. The van der Waals surface area contributed by atoms with Gasteiger partial charge in [-0.25, -0.2) is 8.42 Å². The Bertz CT molecular complexity index is 920. The topological polar surface area (TPSA) is 87.4 Å². The van der Waals surface area contributed by atoms with E-state index in [-0.39, 0.29) is 42.4 Å². The summed E-state index contributed by atoms with van der Waals surface area (Å²) in [5.74, 6) is 1.74. The number of halogens is 1. The fraction of sp³-hybridized carbons (Fsp3) is 0.571. The minimum Gasteiger partial charge on any atom is -0.461 e. The van der Waals surface area contributed by atoms with E-state index in [4.69, 9.17) is 9.15 Å². The van der Waals surface area contributed by atoms with Crippen molar-refractivity contribution in [1.29, 1.82) is 0 Å². The number of piperazine rings is 1. The molecule has 1 aromatic heterocycles. The number of para-hydroxylation sites is 1. The van der Waals surface area contributed by atoms with Crippen molar-refractivity contribution in [2.75, 3.05) is 52.1 Å². The second kappa shape index (κ2) is 12.0. The van der Waals surface area contributed by atoms with Gasteiger partial charge >= 0.3 is 0 Å². The van der Waals surface area contributed by atoms with Crippen molar-refractivity contribution in [2.24, 2.45) is 4.99 Å². The summed E-state index contributed by atoms with van der Waals surface area (Å²) < 4.78 is 37.8. The van der Waals surface area contributed by atoms with E-state index in [0.29, 0.717) is 32.7 Å². The van der Waals surface area contributed by atoms with Crippen LogP contribution in [0.1, 0.15) is 19.6 Å². The molecule has 0 amide bonds. The Morgan fingerprint density at radius 1 is 1.23 bits per heavy atom. The Balaban J connectivity index is 0.00000341. The number of furan rings is 1. The van der Waals surface area contributed by atoms with Crippen LogP contribution < -0.4 is 5.32 Å². The van der Waals surface area contributed by atoms with Crippen molar-refractivity contribution in [3.8, 4) is 0 Å². The number of benzene rings is 1. The molecule has 1 aliphatic rings. The predicted molar refractivity (Wildman–Crippen MR) is 135 cm³/mol. The van der Waals surface area contributed by atoms with Crippen molar-refractivity contribution in [2.45, 2.75) is 26.4 Å². The molecular formula is C21H33IN4O4S. The van der Waals surface area contributed by atoms with Gasteiger partial charge in [0.2, 0.25) is 10.0 Å². The number of guanidine groups is 1. The van der Waals surface area contributed by atoms with Crippen molar-refractivity contribution < 1.29 is 17.6 Å². The molecule has 174 valence electrons. The van der Waals surface area contributed by atoms with E-state index in [9.17, 15) is 8.42 Å². The lowest BCUT2D eigenvalue weighted by Gasteiger charge is -2.35. The first-order valence-electron chi connectivity index (χ1n) is 10.4. The van der Waals surface area contributed by atoms with E-state index < -0.39 is 10.0 Å². The second-order valence-corrected chi connectivity index (χ2v) is 9.68. The first-order valence-corrected chi connectivity index (χ1v) is 12.0. The van der Waals surface area contributed by atoms with Crippen molar-refractivity contribution in [3.05, 3.63) is 36.1 Å². The van der Waals surface area contributed by atoms with E-state index in [0.717, 1.165) is 29.1 Å². The highest BCUT2D eigenvalue weighted by Gasteiger charge is 2.28. The maximum absolute atomic E-state index is 12.5. The van der Waals surface area contributed by atoms with Gasteiger partial charge in [-0.15, -0.1) is 24.0 Å². The van der Waals surface area contributed by atoms with Crippen molar-refractivity contribution >= 4 is 50.9 Å². The first kappa shape index (κ1) is 25.9. The Labute approximate surface area is 202 Å². The van der Waals surface area contributed by atoms with Gasteiger partial charge in [-0.05, 0) is 26.0 Å². The number of nitrogens with zero attached hydrogens (tertiary/aromatic N) is 3. The minimum atomic E-state index is -3.29. The van der Waals surface area contributed by atoms with Crippen LogP contribution in [0.3, 0.4) is 0 Å². The van der Waals surface area contributed by atoms with Gasteiger partial charge in [0.15, 0.2) is 5.96 Å². The van der Waals surface area contributed by atoms with Gasteiger partial charge in [-0.2, -0.15) is 4.31 Å². The number of fused-ring (bicyclic) bond motifs is 1. The molecule has 0 saturated carbocycles. The summed E-state index contributed by atoms with van der Waals surface area (Å²) in [4.78, 5) is 6.45. The largest absolute Gasteiger partial charge is 0.461 e. The minimum absolute atomic E-state index is 0. The molecule has 1 aliphatic heterocycles. The van der Waals surface area contributed by atoms with E-state index in [1.807, 2.05) is 38.1 Å². The number of hydrogen-bond donors (Lipinski definition) is 1. The molecule has 0 aliphatic carbocycles. The monoisotopic (exact) mass is 564 g/mol. The molecule has 1 aromatic carbocycles. The molecule has 8 nitrogen and oxygen atoms in total. The van der Waals surface area contributed by atoms with Gasteiger partial charge in [0.1, 0.15) is 11.3 Å². The Morgan fingerprint density at radius 3 is 2.58 bits per heavy atom. The molecule has 0 atom stereocenters. The van der Waals surface area contributed by atoms with Crippen LogP contribution in [0.4, 0.5) is 0 Å². The molecule has 1 fully saturated rings. The summed E-state index contributed by atoms with van der Waals surface area (Å²) in [6.45, 7) is 6.84. The molecular weight excluding hydrogens is 531 g/mol. The Kier molecular flexibility index (Phi) is 10.0. The number of ether oxygens (including phenoxy) is 1. The van der Waals surface area contributed by atoms with Crippen LogP contribution in [0.2, 0.25) is 0 Å². The van der Waals surface area contributed by atoms with Crippen LogP contribution in [-0.2, 0) is 21.2 Å². The summed E-state index contributed by atoms with van der Waals surface area (Å²) in [5.41, 5.74) is 0.896. The quantitative estimate of drug-likeness (QED) is 0.302. The van der Waals surface area contributed by atoms with Crippen molar-refractivity contribution in [1.82, 2.24) is 14.5 Å². The van der Waals surface area contributed by atoms with Gasteiger partial charge in [-0.3, -0.25) is 4.99 Å². The molecule has 0 spiro atoms. The normalized spacial score (nSPS) is 16.0. The molecule has 0 unspecified atom stereocenters. The number of hydrogen-bond acceptors (Lipinski definition) is 5. The number of aliphatic imine (C=N–C) groups is 1. The van der Waals surface area contributed by atoms with Gasteiger partial charge < -0.3 is 19.4 Å². The van der Waals surface area contributed by atoms with Crippen LogP contribution in [0, 0.1) is 0 Å². The number of nitrogens with one attached hydrogen (secondary N) is 1. The Hall–Kier alpha value is -1.37. The smallest absolute Gasteiger partial charge is 0.216 e. The van der Waals surface area contributed by atoms with Gasteiger partial charge in [-0.1, -0.05) is 18.2 Å². The highest BCUT2D eigenvalue weighted by molar-refractivity contribution is 14.0. The fourth-order valence-electron chi connectivity index (χ4n) is 3.49.